The largest absolute Gasteiger partial charge is 0.486 e. The molecule has 7 nitrogen and oxygen atoms in total. The summed E-state index contributed by atoms with van der Waals surface area (Å²) in [6, 6.07) is 12.9. The number of carbonyl (C=O) groups is 1. The molecule has 3 heterocycles. The van der Waals surface area contributed by atoms with Crippen LogP contribution in [0.1, 0.15) is 33.3 Å². The lowest BCUT2D eigenvalue weighted by Gasteiger charge is -2.08. The second-order valence-electron chi connectivity index (χ2n) is 7.36. The minimum absolute atomic E-state index is 0.0516. The van der Waals surface area contributed by atoms with Crippen LogP contribution in [-0.2, 0) is 20.2 Å². The van der Waals surface area contributed by atoms with Gasteiger partial charge in [-0.15, -0.1) is 10.2 Å². The van der Waals surface area contributed by atoms with Crippen molar-refractivity contribution >= 4 is 29.1 Å². The van der Waals surface area contributed by atoms with E-state index in [9.17, 15) is 4.79 Å². The molecular weight excluding hydrogens is 448 g/mol. The molecule has 0 atom stereocenters. The smallest absolute Gasteiger partial charge is 0.191 e. The standard InChI is InChI=1S/C23H23ClN4O3S/c1-15-11-20(16(2)28(15)12-19-5-4-10-30-19)21(29)14-32-23-26-25-22(27(23)3)13-31-18-8-6-17(24)7-9-18/h4-11H,12-14H2,1-3H3. The lowest BCUT2D eigenvalue weighted by molar-refractivity contribution is 0.102. The van der Waals surface area contributed by atoms with Crippen LogP contribution in [-0.4, -0.2) is 30.9 Å². The van der Waals surface area contributed by atoms with Gasteiger partial charge in [-0.3, -0.25) is 4.79 Å². The first kappa shape index (κ1) is 22.2. The van der Waals surface area contributed by atoms with Gasteiger partial charge in [-0.25, -0.2) is 0 Å². The zero-order valence-corrected chi connectivity index (χ0v) is 19.6. The Bertz CT molecular complexity index is 1210. The van der Waals surface area contributed by atoms with E-state index >= 15 is 0 Å². The SMILES string of the molecule is Cc1cc(C(=O)CSc2nnc(COc3ccc(Cl)cc3)n2C)c(C)n1Cc1ccco1. The molecule has 0 spiro atoms. The summed E-state index contributed by atoms with van der Waals surface area (Å²) >= 11 is 7.26. The molecule has 1 aromatic carbocycles. The minimum atomic E-state index is 0.0516. The Labute approximate surface area is 195 Å². The van der Waals surface area contributed by atoms with E-state index in [4.69, 9.17) is 20.8 Å². The zero-order chi connectivity index (χ0) is 22.7. The minimum Gasteiger partial charge on any atom is -0.486 e. The van der Waals surface area contributed by atoms with Crippen LogP contribution in [0.15, 0.2) is 58.3 Å². The van der Waals surface area contributed by atoms with E-state index in [-0.39, 0.29) is 18.1 Å². The average Bonchev–Trinajstić information content (AvgIpc) is 3.49. The highest BCUT2D eigenvalue weighted by Gasteiger charge is 2.18. The van der Waals surface area contributed by atoms with Crippen LogP contribution < -0.4 is 4.74 Å². The third-order valence-electron chi connectivity index (χ3n) is 5.21. The monoisotopic (exact) mass is 470 g/mol. The van der Waals surface area contributed by atoms with E-state index in [1.807, 2.05) is 43.7 Å². The van der Waals surface area contributed by atoms with Crippen molar-refractivity contribution in [2.75, 3.05) is 5.75 Å². The molecule has 0 radical (unpaired) electrons. The highest BCUT2D eigenvalue weighted by atomic mass is 35.5. The number of furan rings is 1. The molecular formula is C23H23ClN4O3S. The fourth-order valence-electron chi connectivity index (χ4n) is 3.37. The summed E-state index contributed by atoms with van der Waals surface area (Å²) in [5, 5.41) is 9.72. The molecule has 0 saturated carbocycles. The van der Waals surface area contributed by atoms with E-state index in [0.717, 1.165) is 22.7 Å². The molecule has 4 rings (SSSR count). The van der Waals surface area contributed by atoms with Crippen LogP contribution in [0.3, 0.4) is 0 Å². The molecule has 166 valence electrons. The van der Waals surface area contributed by atoms with Gasteiger partial charge in [0.25, 0.3) is 0 Å². The summed E-state index contributed by atoms with van der Waals surface area (Å²) in [6.45, 7) is 4.83. The van der Waals surface area contributed by atoms with Gasteiger partial charge in [0.15, 0.2) is 16.8 Å². The third-order valence-corrected chi connectivity index (χ3v) is 6.48. The van der Waals surface area contributed by atoms with Gasteiger partial charge in [0, 0.05) is 29.0 Å². The van der Waals surface area contributed by atoms with Gasteiger partial charge in [0.2, 0.25) is 0 Å². The number of rotatable bonds is 9. The molecule has 0 amide bonds. The summed E-state index contributed by atoms with van der Waals surface area (Å²) in [7, 11) is 1.86. The molecule has 32 heavy (non-hydrogen) atoms. The Balaban J connectivity index is 1.37. The average molecular weight is 471 g/mol. The Morgan fingerprint density at radius 1 is 1.19 bits per heavy atom. The Morgan fingerprint density at radius 2 is 1.97 bits per heavy atom. The van der Waals surface area contributed by atoms with Crippen LogP contribution in [0.2, 0.25) is 5.02 Å². The Kier molecular flexibility index (Phi) is 6.72. The van der Waals surface area contributed by atoms with Crippen LogP contribution >= 0.6 is 23.4 Å². The number of hydrogen-bond acceptors (Lipinski definition) is 6. The zero-order valence-electron chi connectivity index (χ0n) is 18.0. The van der Waals surface area contributed by atoms with Crippen molar-refractivity contribution in [2.45, 2.75) is 32.2 Å². The number of thioether (sulfide) groups is 1. The van der Waals surface area contributed by atoms with Crippen molar-refractivity contribution in [1.82, 2.24) is 19.3 Å². The van der Waals surface area contributed by atoms with Gasteiger partial charge in [0.1, 0.15) is 18.1 Å². The first-order valence-electron chi connectivity index (χ1n) is 10.0. The summed E-state index contributed by atoms with van der Waals surface area (Å²) in [4.78, 5) is 12.9. The van der Waals surface area contributed by atoms with Gasteiger partial charge < -0.3 is 18.3 Å². The number of hydrogen-bond donors (Lipinski definition) is 0. The molecule has 0 aliphatic rings. The van der Waals surface area contributed by atoms with E-state index in [1.54, 1.807) is 30.5 Å². The maximum Gasteiger partial charge on any atom is 0.191 e. The fraction of sp³-hybridized carbons (Fsp3) is 0.261. The second kappa shape index (κ2) is 9.67. The van der Waals surface area contributed by atoms with E-state index in [1.165, 1.54) is 11.8 Å². The summed E-state index contributed by atoms with van der Waals surface area (Å²) in [5.74, 6) is 2.55. The number of ether oxygens (including phenoxy) is 1. The van der Waals surface area contributed by atoms with Crippen molar-refractivity contribution in [1.29, 1.82) is 0 Å². The Morgan fingerprint density at radius 3 is 2.69 bits per heavy atom. The molecule has 0 aliphatic carbocycles. The van der Waals surface area contributed by atoms with E-state index in [0.29, 0.717) is 28.3 Å². The van der Waals surface area contributed by atoms with E-state index < -0.39 is 0 Å². The summed E-state index contributed by atoms with van der Waals surface area (Å²) in [5.41, 5.74) is 2.67. The van der Waals surface area contributed by atoms with Gasteiger partial charge in [-0.2, -0.15) is 0 Å². The lowest BCUT2D eigenvalue weighted by atomic mass is 10.2. The second-order valence-corrected chi connectivity index (χ2v) is 8.74. The molecule has 0 unspecified atom stereocenters. The molecule has 0 N–H and O–H groups in total. The predicted molar refractivity (Wildman–Crippen MR) is 124 cm³/mol. The maximum absolute atomic E-state index is 12.9. The number of carbonyl (C=O) groups excluding carboxylic acids is 1. The van der Waals surface area contributed by atoms with Crippen molar-refractivity contribution in [2.24, 2.45) is 7.05 Å². The summed E-state index contributed by atoms with van der Waals surface area (Å²) in [6.07, 6.45) is 1.65. The van der Waals surface area contributed by atoms with Crippen LogP contribution in [0, 0.1) is 13.8 Å². The van der Waals surface area contributed by atoms with Crippen molar-refractivity contribution < 1.29 is 13.9 Å². The highest BCUT2D eigenvalue weighted by Crippen LogP contribution is 2.23. The fourth-order valence-corrected chi connectivity index (χ4v) is 4.31. The number of aryl methyl sites for hydroxylation is 1. The number of halogens is 1. The van der Waals surface area contributed by atoms with Gasteiger partial charge in [0.05, 0.1) is 18.6 Å². The molecule has 9 heteroatoms. The third kappa shape index (κ3) is 4.92. The van der Waals surface area contributed by atoms with Crippen molar-refractivity contribution in [3.8, 4) is 5.75 Å². The quantitative estimate of drug-likeness (QED) is 0.251. The predicted octanol–water partition coefficient (Wildman–Crippen LogP) is 5.08. The number of Topliss-reactive ketones (excluding diaryl/α,β-unsaturated/α-hetero) is 1. The topological polar surface area (TPSA) is 75.1 Å². The van der Waals surface area contributed by atoms with Crippen molar-refractivity contribution in [3.63, 3.8) is 0 Å². The van der Waals surface area contributed by atoms with Crippen LogP contribution in [0.5, 0.6) is 5.75 Å². The number of benzene rings is 1. The van der Waals surface area contributed by atoms with Gasteiger partial charge in [-0.05, 0) is 56.3 Å². The van der Waals surface area contributed by atoms with Gasteiger partial charge >= 0.3 is 0 Å². The number of ketones is 1. The number of nitrogens with zero attached hydrogens (tertiary/aromatic N) is 4. The molecule has 0 aliphatic heterocycles. The van der Waals surface area contributed by atoms with Crippen LogP contribution in [0.4, 0.5) is 0 Å². The van der Waals surface area contributed by atoms with Crippen molar-refractivity contribution in [3.05, 3.63) is 82.3 Å². The van der Waals surface area contributed by atoms with Crippen LogP contribution in [0.25, 0.3) is 0 Å². The van der Waals surface area contributed by atoms with Gasteiger partial charge in [-0.1, -0.05) is 23.4 Å². The highest BCUT2D eigenvalue weighted by molar-refractivity contribution is 7.99. The van der Waals surface area contributed by atoms with E-state index in [2.05, 4.69) is 14.8 Å². The molecule has 3 aromatic heterocycles. The molecule has 0 saturated heterocycles. The first-order chi connectivity index (χ1) is 15.4. The number of aromatic nitrogens is 4. The molecule has 0 fully saturated rings. The normalized spacial score (nSPS) is 11.1. The maximum atomic E-state index is 12.9. The molecule has 4 aromatic rings. The Hall–Kier alpha value is -2.97. The lowest BCUT2D eigenvalue weighted by Crippen LogP contribution is -2.08. The summed E-state index contributed by atoms with van der Waals surface area (Å²) < 4.78 is 15.1. The molecule has 0 bridgehead atoms. The first-order valence-corrected chi connectivity index (χ1v) is 11.4.